The van der Waals surface area contributed by atoms with E-state index in [1.807, 2.05) is 36.3 Å². The Morgan fingerprint density at radius 3 is 3.00 bits per heavy atom. The molecule has 3 aromatic heterocycles. The first-order valence-corrected chi connectivity index (χ1v) is 10.3. The van der Waals surface area contributed by atoms with Crippen molar-refractivity contribution >= 4 is 28.8 Å². The number of piperidine rings is 1. The van der Waals surface area contributed by atoms with Gasteiger partial charge in [-0.2, -0.15) is 5.10 Å². The molecule has 30 heavy (non-hydrogen) atoms. The smallest absolute Gasteiger partial charge is 0.274 e. The second-order valence-electron chi connectivity index (χ2n) is 8.16. The molecular formula is C22H24N6O2. The highest BCUT2D eigenvalue weighted by atomic mass is 16.2. The van der Waals surface area contributed by atoms with E-state index in [0.717, 1.165) is 41.5 Å². The maximum absolute atomic E-state index is 12.9. The molecule has 8 heteroatoms. The number of fused-ring (bicyclic) bond motifs is 2. The van der Waals surface area contributed by atoms with E-state index >= 15 is 0 Å². The summed E-state index contributed by atoms with van der Waals surface area (Å²) in [5.74, 6) is 0.396. The molecule has 3 aromatic rings. The van der Waals surface area contributed by atoms with Crippen LogP contribution in [0, 0.1) is 12.8 Å². The highest BCUT2D eigenvalue weighted by Gasteiger charge is 2.33. The number of hydrogen-bond donors (Lipinski definition) is 2. The van der Waals surface area contributed by atoms with E-state index in [1.165, 1.54) is 0 Å². The number of pyridine rings is 2. The van der Waals surface area contributed by atoms with Gasteiger partial charge in [-0.1, -0.05) is 6.07 Å². The van der Waals surface area contributed by atoms with Crippen molar-refractivity contribution in [3.63, 3.8) is 0 Å². The molecule has 1 fully saturated rings. The summed E-state index contributed by atoms with van der Waals surface area (Å²) >= 11 is 0. The van der Waals surface area contributed by atoms with Gasteiger partial charge in [0.15, 0.2) is 0 Å². The maximum Gasteiger partial charge on any atom is 0.274 e. The Morgan fingerprint density at radius 2 is 2.13 bits per heavy atom. The van der Waals surface area contributed by atoms with Gasteiger partial charge < -0.3 is 14.9 Å². The van der Waals surface area contributed by atoms with Crippen LogP contribution in [-0.2, 0) is 11.8 Å². The van der Waals surface area contributed by atoms with Crippen LogP contribution in [0.4, 0.5) is 5.82 Å². The van der Waals surface area contributed by atoms with Crippen molar-refractivity contribution < 1.29 is 4.79 Å². The van der Waals surface area contributed by atoms with Crippen LogP contribution in [0.5, 0.6) is 0 Å². The maximum atomic E-state index is 12.9. The number of hydrazone groups is 1. The lowest BCUT2D eigenvalue weighted by Gasteiger charge is -2.33. The summed E-state index contributed by atoms with van der Waals surface area (Å²) < 4.78 is 1.55. The lowest BCUT2D eigenvalue weighted by molar-refractivity contribution is -0.122. The summed E-state index contributed by atoms with van der Waals surface area (Å²) in [5, 5.41) is 10.2. The number of aromatic nitrogens is 3. The van der Waals surface area contributed by atoms with Crippen molar-refractivity contribution in [2.24, 2.45) is 18.1 Å². The Kier molecular flexibility index (Phi) is 4.42. The summed E-state index contributed by atoms with van der Waals surface area (Å²) in [6.45, 7) is 2.63. The van der Waals surface area contributed by atoms with Crippen LogP contribution in [0.3, 0.4) is 0 Å². The molecule has 5 heterocycles. The number of aromatic amines is 1. The molecule has 2 unspecified atom stereocenters. The lowest BCUT2D eigenvalue weighted by Crippen LogP contribution is -2.41. The second kappa shape index (κ2) is 7.12. The molecule has 0 saturated carbocycles. The van der Waals surface area contributed by atoms with Gasteiger partial charge in [-0.05, 0) is 37.5 Å². The lowest BCUT2D eigenvalue weighted by atomic mass is 9.92. The number of nitrogens with zero attached hydrogens (tertiary/aromatic N) is 4. The van der Waals surface area contributed by atoms with Crippen molar-refractivity contribution in [3.8, 4) is 11.3 Å². The summed E-state index contributed by atoms with van der Waals surface area (Å²) in [6, 6.07) is 6.11. The molecule has 0 bridgehead atoms. The van der Waals surface area contributed by atoms with Gasteiger partial charge in [0.2, 0.25) is 5.91 Å². The number of anilines is 1. The van der Waals surface area contributed by atoms with Gasteiger partial charge in [-0.25, -0.2) is 4.98 Å². The quantitative estimate of drug-likeness (QED) is 0.702. The third kappa shape index (κ3) is 3.08. The number of rotatable bonds is 3. The Bertz CT molecular complexity index is 1220. The fourth-order valence-corrected chi connectivity index (χ4v) is 4.43. The number of amides is 1. The predicted octanol–water partition coefficient (Wildman–Crippen LogP) is 2.65. The Morgan fingerprint density at radius 1 is 1.27 bits per heavy atom. The minimum absolute atomic E-state index is 0.0230. The zero-order chi connectivity index (χ0) is 20.8. The van der Waals surface area contributed by atoms with Crippen LogP contribution >= 0.6 is 0 Å². The first-order valence-electron chi connectivity index (χ1n) is 10.3. The molecule has 2 aliphatic heterocycles. The number of carbonyl (C=O) groups excluding carboxylic acids is 1. The first-order chi connectivity index (χ1) is 14.5. The van der Waals surface area contributed by atoms with Crippen molar-refractivity contribution in [2.45, 2.75) is 32.2 Å². The Labute approximate surface area is 173 Å². The van der Waals surface area contributed by atoms with Gasteiger partial charge in [-0.15, -0.1) is 0 Å². The normalized spacial score (nSPS) is 20.5. The average molecular weight is 404 g/mol. The standard InChI is InChI=1S/C22H24N6O2/c1-13-3-6-18(26-21(29)14-4-5-15-7-10-24-28(15)11-14)25-19(13)17-12-27(2)22(30)20-16(17)8-9-23-20/h3,6,8-10,12,14-15,23H,4-5,7,11H2,1-2H3,(H,25,26,29). The summed E-state index contributed by atoms with van der Waals surface area (Å²) in [6.07, 6.45) is 8.31. The molecule has 154 valence electrons. The van der Waals surface area contributed by atoms with E-state index in [0.29, 0.717) is 23.9 Å². The number of carbonyl (C=O) groups is 1. The fourth-order valence-electron chi connectivity index (χ4n) is 4.43. The van der Waals surface area contributed by atoms with Crippen LogP contribution in [-0.4, -0.2) is 44.3 Å². The monoisotopic (exact) mass is 404 g/mol. The number of H-pyrrole nitrogens is 1. The third-order valence-corrected chi connectivity index (χ3v) is 6.15. The van der Waals surface area contributed by atoms with Crippen molar-refractivity contribution in [1.82, 2.24) is 19.5 Å². The SMILES string of the molecule is Cc1ccc(NC(=O)C2CCC3CC=NN3C2)nc1-c1cn(C)c(=O)c2[nH]ccc12. The molecule has 2 atom stereocenters. The minimum Gasteiger partial charge on any atom is -0.357 e. The number of aryl methyl sites for hydroxylation is 2. The number of nitrogens with one attached hydrogen (secondary N) is 2. The molecule has 8 nitrogen and oxygen atoms in total. The molecule has 0 aromatic carbocycles. The van der Waals surface area contributed by atoms with Crippen LogP contribution < -0.4 is 10.9 Å². The average Bonchev–Trinajstić information content (AvgIpc) is 3.41. The highest BCUT2D eigenvalue weighted by molar-refractivity contribution is 5.95. The van der Waals surface area contributed by atoms with Gasteiger partial charge in [0, 0.05) is 49.6 Å². The summed E-state index contributed by atoms with van der Waals surface area (Å²) in [7, 11) is 1.73. The molecule has 1 amide bonds. The zero-order valence-electron chi connectivity index (χ0n) is 17.1. The van der Waals surface area contributed by atoms with E-state index in [9.17, 15) is 9.59 Å². The predicted molar refractivity (Wildman–Crippen MR) is 116 cm³/mol. The van der Waals surface area contributed by atoms with Crippen molar-refractivity contribution in [3.05, 3.63) is 46.5 Å². The number of hydrogen-bond acceptors (Lipinski definition) is 5. The Balaban J connectivity index is 1.44. The van der Waals surface area contributed by atoms with E-state index < -0.39 is 0 Å². The van der Waals surface area contributed by atoms with Crippen LogP contribution in [0.2, 0.25) is 0 Å². The van der Waals surface area contributed by atoms with E-state index in [2.05, 4.69) is 15.4 Å². The van der Waals surface area contributed by atoms with Gasteiger partial charge in [0.25, 0.3) is 5.56 Å². The van der Waals surface area contributed by atoms with Crippen molar-refractivity contribution in [1.29, 1.82) is 0 Å². The van der Waals surface area contributed by atoms with E-state index in [-0.39, 0.29) is 17.4 Å². The molecule has 2 aliphatic rings. The Hall–Kier alpha value is -3.42. The molecule has 0 aliphatic carbocycles. The largest absolute Gasteiger partial charge is 0.357 e. The minimum atomic E-state index is -0.100. The van der Waals surface area contributed by atoms with Gasteiger partial charge >= 0.3 is 0 Å². The van der Waals surface area contributed by atoms with Gasteiger partial charge in [0.05, 0.1) is 17.7 Å². The summed E-state index contributed by atoms with van der Waals surface area (Å²) in [4.78, 5) is 33.0. The van der Waals surface area contributed by atoms with Gasteiger partial charge in [-0.3, -0.25) is 14.6 Å². The van der Waals surface area contributed by atoms with Crippen LogP contribution in [0.1, 0.15) is 24.8 Å². The molecule has 5 rings (SSSR count). The molecular weight excluding hydrogens is 380 g/mol. The first kappa shape index (κ1) is 18.6. The second-order valence-corrected chi connectivity index (χ2v) is 8.16. The molecule has 2 N–H and O–H groups in total. The van der Waals surface area contributed by atoms with E-state index in [1.54, 1.807) is 24.0 Å². The molecule has 0 spiro atoms. The van der Waals surface area contributed by atoms with Crippen LogP contribution in [0.25, 0.3) is 22.2 Å². The third-order valence-electron chi connectivity index (χ3n) is 6.15. The molecule has 0 radical (unpaired) electrons. The van der Waals surface area contributed by atoms with Crippen molar-refractivity contribution in [2.75, 3.05) is 11.9 Å². The fraction of sp³-hybridized carbons (Fsp3) is 0.364. The van der Waals surface area contributed by atoms with Gasteiger partial charge in [0.1, 0.15) is 11.3 Å². The van der Waals surface area contributed by atoms with Crippen LogP contribution in [0.15, 0.2) is 40.5 Å². The topological polar surface area (TPSA) is 95.4 Å². The zero-order valence-corrected chi connectivity index (χ0v) is 17.1. The summed E-state index contributed by atoms with van der Waals surface area (Å²) in [5.41, 5.74) is 3.05. The highest BCUT2D eigenvalue weighted by Crippen LogP contribution is 2.30. The van der Waals surface area contributed by atoms with E-state index in [4.69, 9.17) is 4.98 Å². The molecule has 1 saturated heterocycles.